The molecule has 0 aliphatic carbocycles. The highest BCUT2D eigenvalue weighted by Gasteiger charge is 2.22. The summed E-state index contributed by atoms with van der Waals surface area (Å²) in [5, 5.41) is 3.25. The summed E-state index contributed by atoms with van der Waals surface area (Å²) in [5.41, 5.74) is 6.93. The molecule has 2 heterocycles. The molecule has 3 N–H and O–H groups in total. The fourth-order valence-corrected chi connectivity index (χ4v) is 1.58. The van der Waals surface area contributed by atoms with Gasteiger partial charge in [-0.15, -0.1) is 0 Å². The number of pyridine rings is 1. The van der Waals surface area contributed by atoms with E-state index in [1.807, 2.05) is 18.2 Å². The van der Waals surface area contributed by atoms with Crippen LogP contribution >= 0.6 is 0 Å². The summed E-state index contributed by atoms with van der Waals surface area (Å²) in [6.07, 6.45) is 1.80. The van der Waals surface area contributed by atoms with Crippen LogP contribution in [0.5, 0.6) is 0 Å². The van der Waals surface area contributed by atoms with E-state index in [0.717, 1.165) is 25.4 Å². The molecule has 14 heavy (non-hydrogen) atoms. The first kappa shape index (κ1) is 9.58. The number of nitrogens with one attached hydrogen (secondary N) is 1. The minimum atomic E-state index is -0.135. The van der Waals surface area contributed by atoms with Crippen LogP contribution in [-0.2, 0) is 4.74 Å². The normalized spacial score (nSPS) is 24.5. The maximum absolute atomic E-state index is 6.04. The van der Waals surface area contributed by atoms with Crippen LogP contribution in [0.15, 0.2) is 24.4 Å². The standard InChI is InChI=1S/C10H15N3O/c11-10(8-3-1-2-4-13-8)9-7-12-5-6-14-9/h1-4,9-10,12H,5-7,11H2. The van der Waals surface area contributed by atoms with Gasteiger partial charge in [0.25, 0.3) is 0 Å². The molecule has 1 aliphatic rings. The number of hydrogen-bond donors (Lipinski definition) is 2. The Balaban J connectivity index is 2.03. The van der Waals surface area contributed by atoms with Gasteiger partial charge in [-0.2, -0.15) is 0 Å². The van der Waals surface area contributed by atoms with Gasteiger partial charge in [0, 0.05) is 19.3 Å². The molecule has 4 nitrogen and oxygen atoms in total. The maximum atomic E-state index is 6.04. The number of ether oxygens (including phenoxy) is 1. The highest BCUT2D eigenvalue weighted by Crippen LogP contribution is 2.14. The first-order valence-corrected chi connectivity index (χ1v) is 4.87. The Hall–Kier alpha value is -0.970. The molecule has 2 unspecified atom stereocenters. The minimum Gasteiger partial charge on any atom is -0.374 e. The van der Waals surface area contributed by atoms with Crippen molar-refractivity contribution in [1.82, 2.24) is 10.3 Å². The van der Waals surface area contributed by atoms with Gasteiger partial charge < -0.3 is 15.8 Å². The Labute approximate surface area is 83.5 Å². The second-order valence-electron chi connectivity index (χ2n) is 3.39. The van der Waals surface area contributed by atoms with E-state index in [1.165, 1.54) is 0 Å². The Morgan fingerprint density at radius 2 is 2.50 bits per heavy atom. The second kappa shape index (κ2) is 4.50. The van der Waals surface area contributed by atoms with Gasteiger partial charge in [-0.05, 0) is 12.1 Å². The van der Waals surface area contributed by atoms with Gasteiger partial charge in [-0.25, -0.2) is 0 Å². The molecule has 0 bridgehead atoms. The third-order valence-electron chi connectivity index (χ3n) is 2.39. The van der Waals surface area contributed by atoms with E-state index >= 15 is 0 Å². The number of rotatable bonds is 2. The quantitative estimate of drug-likeness (QED) is 0.698. The third kappa shape index (κ3) is 2.09. The average Bonchev–Trinajstić information content (AvgIpc) is 2.30. The van der Waals surface area contributed by atoms with Crippen molar-refractivity contribution in [3.05, 3.63) is 30.1 Å². The third-order valence-corrected chi connectivity index (χ3v) is 2.39. The van der Waals surface area contributed by atoms with Gasteiger partial charge in [0.05, 0.1) is 24.4 Å². The van der Waals surface area contributed by atoms with Crippen molar-refractivity contribution < 1.29 is 4.74 Å². The molecule has 0 spiro atoms. The Bertz CT molecular complexity index is 272. The fraction of sp³-hybridized carbons (Fsp3) is 0.500. The molecule has 0 aromatic carbocycles. The van der Waals surface area contributed by atoms with E-state index in [2.05, 4.69) is 10.3 Å². The first-order chi connectivity index (χ1) is 6.88. The lowest BCUT2D eigenvalue weighted by atomic mass is 10.1. The predicted octanol–water partition coefficient (Wildman–Crippen LogP) is 0.0698. The molecule has 76 valence electrons. The number of aromatic nitrogens is 1. The molecule has 1 aliphatic heterocycles. The van der Waals surface area contributed by atoms with Crippen LogP contribution in [0.2, 0.25) is 0 Å². The molecule has 1 saturated heterocycles. The molecule has 1 aromatic rings. The summed E-state index contributed by atoms with van der Waals surface area (Å²) in [5.74, 6) is 0. The van der Waals surface area contributed by atoms with Crippen LogP contribution in [0.1, 0.15) is 11.7 Å². The molecule has 2 atom stereocenters. The van der Waals surface area contributed by atoms with Crippen LogP contribution in [0, 0.1) is 0 Å². The number of hydrogen-bond acceptors (Lipinski definition) is 4. The number of nitrogens with two attached hydrogens (primary N) is 1. The number of nitrogens with zero attached hydrogens (tertiary/aromatic N) is 1. The van der Waals surface area contributed by atoms with Crippen molar-refractivity contribution in [2.45, 2.75) is 12.1 Å². The summed E-state index contributed by atoms with van der Waals surface area (Å²) < 4.78 is 5.57. The molecule has 0 amide bonds. The lowest BCUT2D eigenvalue weighted by Gasteiger charge is -2.28. The zero-order valence-electron chi connectivity index (χ0n) is 8.02. The average molecular weight is 193 g/mol. The van der Waals surface area contributed by atoms with Crippen molar-refractivity contribution in [1.29, 1.82) is 0 Å². The summed E-state index contributed by atoms with van der Waals surface area (Å²) in [7, 11) is 0. The molecule has 0 radical (unpaired) electrons. The van der Waals surface area contributed by atoms with E-state index in [9.17, 15) is 0 Å². The van der Waals surface area contributed by atoms with Gasteiger partial charge in [-0.1, -0.05) is 6.07 Å². The summed E-state index contributed by atoms with van der Waals surface area (Å²) in [4.78, 5) is 4.22. The van der Waals surface area contributed by atoms with Gasteiger partial charge in [0.15, 0.2) is 0 Å². The molecular weight excluding hydrogens is 178 g/mol. The predicted molar refractivity (Wildman–Crippen MR) is 53.8 cm³/mol. The largest absolute Gasteiger partial charge is 0.374 e. The van der Waals surface area contributed by atoms with Crippen LogP contribution in [0.3, 0.4) is 0 Å². The number of morpholine rings is 1. The zero-order chi connectivity index (χ0) is 9.80. The molecular formula is C10H15N3O. The van der Waals surface area contributed by atoms with Crippen LogP contribution in [-0.4, -0.2) is 30.8 Å². The van der Waals surface area contributed by atoms with Crippen molar-refractivity contribution in [2.75, 3.05) is 19.7 Å². The van der Waals surface area contributed by atoms with Crippen LogP contribution < -0.4 is 11.1 Å². The van der Waals surface area contributed by atoms with Gasteiger partial charge in [0.2, 0.25) is 0 Å². The van der Waals surface area contributed by atoms with E-state index in [4.69, 9.17) is 10.5 Å². The fourth-order valence-electron chi connectivity index (χ4n) is 1.58. The van der Waals surface area contributed by atoms with E-state index in [0.29, 0.717) is 0 Å². The van der Waals surface area contributed by atoms with Crippen molar-refractivity contribution in [3.63, 3.8) is 0 Å². The summed E-state index contributed by atoms with van der Waals surface area (Å²) in [6, 6.07) is 5.63. The summed E-state index contributed by atoms with van der Waals surface area (Å²) in [6.45, 7) is 2.44. The van der Waals surface area contributed by atoms with Crippen LogP contribution in [0.25, 0.3) is 0 Å². The molecule has 1 fully saturated rings. The second-order valence-corrected chi connectivity index (χ2v) is 3.39. The zero-order valence-corrected chi connectivity index (χ0v) is 8.02. The van der Waals surface area contributed by atoms with Crippen molar-refractivity contribution >= 4 is 0 Å². The maximum Gasteiger partial charge on any atom is 0.0907 e. The van der Waals surface area contributed by atoms with Crippen LogP contribution in [0.4, 0.5) is 0 Å². The molecule has 2 rings (SSSR count). The Kier molecular flexibility index (Phi) is 3.08. The highest BCUT2D eigenvalue weighted by atomic mass is 16.5. The lowest BCUT2D eigenvalue weighted by Crippen LogP contribution is -2.44. The molecule has 0 saturated carbocycles. The summed E-state index contributed by atoms with van der Waals surface area (Å²) >= 11 is 0. The van der Waals surface area contributed by atoms with Gasteiger partial charge in [-0.3, -0.25) is 4.98 Å². The van der Waals surface area contributed by atoms with E-state index in [-0.39, 0.29) is 12.1 Å². The van der Waals surface area contributed by atoms with Gasteiger partial charge >= 0.3 is 0 Å². The van der Waals surface area contributed by atoms with Crippen molar-refractivity contribution in [3.8, 4) is 0 Å². The highest BCUT2D eigenvalue weighted by molar-refractivity contribution is 5.10. The van der Waals surface area contributed by atoms with E-state index < -0.39 is 0 Å². The first-order valence-electron chi connectivity index (χ1n) is 4.87. The molecule has 4 heteroatoms. The van der Waals surface area contributed by atoms with Gasteiger partial charge in [0.1, 0.15) is 0 Å². The SMILES string of the molecule is NC(c1ccccn1)C1CNCCO1. The lowest BCUT2D eigenvalue weighted by molar-refractivity contribution is 0.0114. The topological polar surface area (TPSA) is 60.2 Å². The smallest absolute Gasteiger partial charge is 0.0907 e. The minimum absolute atomic E-state index is 0.0404. The van der Waals surface area contributed by atoms with E-state index in [1.54, 1.807) is 6.20 Å². The Morgan fingerprint density at radius 1 is 1.57 bits per heavy atom. The monoisotopic (exact) mass is 193 g/mol. The Morgan fingerprint density at radius 3 is 3.14 bits per heavy atom. The molecule has 1 aromatic heterocycles. The van der Waals surface area contributed by atoms with Crippen molar-refractivity contribution in [2.24, 2.45) is 5.73 Å².